The van der Waals surface area contributed by atoms with E-state index in [-0.39, 0.29) is 6.54 Å². The average molecular weight is 174 g/mol. The molecule has 0 saturated carbocycles. The standard InChI is InChI=1S/C6H10N2O2S/c7-3-4(9)5(10)6-8-1-2-11-6/h1-2,4-5,9-10H,3,7H2. The Bertz CT molecular complexity index is 202. The number of aliphatic hydroxyl groups excluding tert-OH is 2. The van der Waals surface area contributed by atoms with Gasteiger partial charge in [-0.1, -0.05) is 0 Å². The van der Waals surface area contributed by atoms with Gasteiger partial charge >= 0.3 is 0 Å². The summed E-state index contributed by atoms with van der Waals surface area (Å²) in [5.74, 6) is 0. The molecule has 11 heavy (non-hydrogen) atoms. The molecule has 5 heteroatoms. The third-order valence-corrected chi connectivity index (χ3v) is 2.16. The van der Waals surface area contributed by atoms with Crippen LogP contribution in [0.15, 0.2) is 11.6 Å². The highest BCUT2D eigenvalue weighted by atomic mass is 32.1. The van der Waals surface area contributed by atoms with Crippen LogP contribution in [0.1, 0.15) is 11.1 Å². The van der Waals surface area contributed by atoms with Gasteiger partial charge in [-0.25, -0.2) is 4.98 Å². The molecule has 0 radical (unpaired) electrons. The van der Waals surface area contributed by atoms with E-state index in [2.05, 4.69) is 4.98 Å². The van der Waals surface area contributed by atoms with Crippen LogP contribution < -0.4 is 5.73 Å². The Balaban J connectivity index is 2.62. The molecule has 62 valence electrons. The first-order valence-corrected chi connectivity index (χ1v) is 4.09. The van der Waals surface area contributed by atoms with Gasteiger partial charge in [-0.15, -0.1) is 11.3 Å². The fraction of sp³-hybridized carbons (Fsp3) is 0.500. The minimum absolute atomic E-state index is 0.0424. The monoisotopic (exact) mass is 174 g/mol. The van der Waals surface area contributed by atoms with Crippen LogP contribution in [-0.4, -0.2) is 27.8 Å². The molecule has 0 aliphatic carbocycles. The van der Waals surface area contributed by atoms with Gasteiger partial charge in [0.2, 0.25) is 0 Å². The zero-order chi connectivity index (χ0) is 8.27. The van der Waals surface area contributed by atoms with E-state index in [1.165, 1.54) is 11.3 Å². The second-order valence-corrected chi connectivity index (χ2v) is 3.04. The van der Waals surface area contributed by atoms with E-state index < -0.39 is 12.2 Å². The van der Waals surface area contributed by atoms with Gasteiger partial charge in [0.25, 0.3) is 0 Å². The molecule has 1 heterocycles. The highest BCUT2D eigenvalue weighted by Crippen LogP contribution is 2.17. The minimum atomic E-state index is -0.944. The van der Waals surface area contributed by atoms with Crippen LogP contribution in [0.5, 0.6) is 0 Å². The number of hydrogen-bond acceptors (Lipinski definition) is 5. The predicted molar refractivity (Wildman–Crippen MR) is 42.1 cm³/mol. The zero-order valence-corrected chi connectivity index (χ0v) is 6.66. The van der Waals surface area contributed by atoms with Crippen LogP contribution in [0.2, 0.25) is 0 Å². The smallest absolute Gasteiger partial charge is 0.132 e. The maximum Gasteiger partial charge on any atom is 0.132 e. The van der Waals surface area contributed by atoms with E-state index in [4.69, 9.17) is 10.8 Å². The summed E-state index contributed by atoms with van der Waals surface area (Å²) < 4.78 is 0. The lowest BCUT2D eigenvalue weighted by Gasteiger charge is -2.12. The van der Waals surface area contributed by atoms with Gasteiger partial charge in [0.1, 0.15) is 11.1 Å². The van der Waals surface area contributed by atoms with E-state index in [0.29, 0.717) is 5.01 Å². The molecule has 1 rings (SSSR count). The van der Waals surface area contributed by atoms with Crippen molar-refractivity contribution in [3.63, 3.8) is 0 Å². The van der Waals surface area contributed by atoms with Crippen LogP contribution in [0.4, 0.5) is 0 Å². The third kappa shape index (κ3) is 1.97. The summed E-state index contributed by atoms with van der Waals surface area (Å²) in [7, 11) is 0. The highest BCUT2D eigenvalue weighted by molar-refractivity contribution is 7.09. The number of hydrogen-bond donors (Lipinski definition) is 3. The molecule has 1 aromatic heterocycles. The predicted octanol–water partition coefficient (Wildman–Crippen LogP) is -0.504. The fourth-order valence-electron chi connectivity index (χ4n) is 0.674. The summed E-state index contributed by atoms with van der Waals surface area (Å²) in [5, 5.41) is 20.6. The normalized spacial score (nSPS) is 16.3. The lowest BCUT2D eigenvalue weighted by Crippen LogP contribution is -2.26. The van der Waals surface area contributed by atoms with Gasteiger partial charge < -0.3 is 15.9 Å². The van der Waals surface area contributed by atoms with Gasteiger partial charge in [-0.3, -0.25) is 0 Å². The average Bonchev–Trinajstić information content (AvgIpc) is 2.53. The Hall–Kier alpha value is -0.490. The molecule has 0 aromatic carbocycles. The zero-order valence-electron chi connectivity index (χ0n) is 5.84. The number of aromatic nitrogens is 1. The molecule has 2 atom stereocenters. The molecule has 0 bridgehead atoms. The van der Waals surface area contributed by atoms with E-state index >= 15 is 0 Å². The minimum Gasteiger partial charge on any atom is -0.389 e. The first-order chi connectivity index (χ1) is 5.25. The van der Waals surface area contributed by atoms with Gasteiger partial charge in [-0.05, 0) is 0 Å². The van der Waals surface area contributed by atoms with Crippen molar-refractivity contribution in [1.82, 2.24) is 4.98 Å². The summed E-state index contributed by atoms with van der Waals surface area (Å²) >= 11 is 1.30. The van der Waals surface area contributed by atoms with Crippen LogP contribution in [0.25, 0.3) is 0 Å². The molecular formula is C6H10N2O2S. The molecule has 0 aliphatic rings. The van der Waals surface area contributed by atoms with Crippen molar-refractivity contribution in [2.24, 2.45) is 5.73 Å². The molecular weight excluding hydrogens is 164 g/mol. The van der Waals surface area contributed by atoms with Crippen molar-refractivity contribution >= 4 is 11.3 Å². The van der Waals surface area contributed by atoms with Crippen LogP contribution in [-0.2, 0) is 0 Å². The van der Waals surface area contributed by atoms with Gasteiger partial charge in [0.05, 0.1) is 6.10 Å². The van der Waals surface area contributed by atoms with Crippen molar-refractivity contribution in [2.75, 3.05) is 6.54 Å². The number of rotatable bonds is 3. The van der Waals surface area contributed by atoms with E-state index in [1.807, 2.05) is 0 Å². The Morgan fingerprint density at radius 1 is 1.64 bits per heavy atom. The molecule has 0 aliphatic heterocycles. The van der Waals surface area contributed by atoms with Crippen molar-refractivity contribution in [1.29, 1.82) is 0 Å². The summed E-state index contributed by atoms with van der Waals surface area (Å²) in [6.45, 7) is 0.0424. The maximum absolute atomic E-state index is 9.30. The summed E-state index contributed by atoms with van der Waals surface area (Å²) in [4.78, 5) is 3.84. The maximum atomic E-state index is 9.30. The molecule has 0 fully saturated rings. The first-order valence-electron chi connectivity index (χ1n) is 3.21. The van der Waals surface area contributed by atoms with Crippen LogP contribution in [0.3, 0.4) is 0 Å². The Labute approximate surface area is 68.3 Å². The second kappa shape index (κ2) is 3.77. The van der Waals surface area contributed by atoms with Crippen molar-refractivity contribution in [3.05, 3.63) is 16.6 Å². The molecule has 2 unspecified atom stereocenters. The lowest BCUT2D eigenvalue weighted by molar-refractivity contribution is 0.0242. The molecule has 4 N–H and O–H groups in total. The van der Waals surface area contributed by atoms with Crippen molar-refractivity contribution < 1.29 is 10.2 Å². The quantitative estimate of drug-likeness (QED) is 0.577. The topological polar surface area (TPSA) is 79.4 Å². The molecule has 1 aromatic rings. The van der Waals surface area contributed by atoms with Crippen molar-refractivity contribution in [2.45, 2.75) is 12.2 Å². The third-order valence-electron chi connectivity index (χ3n) is 1.31. The van der Waals surface area contributed by atoms with E-state index in [0.717, 1.165) is 0 Å². The summed E-state index contributed by atoms with van der Waals surface area (Å²) in [5.41, 5.74) is 5.15. The number of aliphatic hydroxyl groups is 2. The molecule has 0 saturated heterocycles. The van der Waals surface area contributed by atoms with Gasteiger partial charge in [0.15, 0.2) is 0 Å². The summed E-state index contributed by atoms with van der Waals surface area (Å²) in [6.07, 6.45) is -0.284. The van der Waals surface area contributed by atoms with E-state index in [9.17, 15) is 5.11 Å². The second-order valence-electron chi connectivity index (χ2n) is 2.12. The lowest BCUT2D eigenvalue weighted by atomic mass is 10.2. The Morgan fingerprint density at radius 2 is 2.36 bits per heavy atom. The van der Waals surface area contributed by atoms with Crippen LogP contribution in [0, 0.1) is 0 Å². The van der Waals surface area contributed by atoms with E-state index in [1.54, 1.807) is 11.6 Å². The molecule has 0 spiro atoms. The number of nitrogens with zero attached hydrogens (tertiary/aromatic N) is 1. The highest BCUT2D eigenvalue weighted by Gasteiger charge is 2.18. The Morgan fingerprint density at radius 3 is 2.82 bits per heavy atom. The van der Waals surface area contributed by atoms with Crippen molar-refractivity contribution in [3.8, 4) is 0 Å². The van der Waals surface area contributed by atoms with Crippen LogP contribution >= 0.6 is 11.3 Å². The SMILES string of the molecule is NCC(O)C(O)c1nccs1. The largest absolute Gasteiger partial charge is 0.389 e. The number of nitrogens with two attached hydrogens (primary N) is 1. The van der Waals surface area contributed by atoms with Gasteiger partial charge in [-0.2, -0.15) is 0 Å². The molecule has 4 nitrogen and oxygen atoms in total. The number of thiazole rings is 1. The first kappa shape index (κ1) is 8.61. The van der Waals surface area contributed by atoms with Gasteiger partial charge in [0, 0.05) is 18.1 Å². The Kier molecular flexibility index (Phi) is 2.95. The molecule has 0 amide bonds. The fourth-order valence-corrected chi connectivity index (χ4v) is 1.35. The summed E-state index contributed by atoms with van der Waals surface area (Å²) in [6, 6.07) is 0.